The fourth-order valence-electron chi connectivity index (χ4n) is 9.87. The zero-order chi connectivity index (χ0) is 41.0. The van der Waals surface area contributed by atoms with Crippen molar-refractivity contribution in [3.8, 4) is 22.3 Å². The minimum atomic E-state index is -6.20. The van der Waals surface area contributed by atoms with Gasteiger partial charge in [0.05, 0.1) is 0 Å². The molecular formula is C50H46BCl2N2O2Zr. The monoisotopic (exact) mass is 877 g/mol. The molecule has 0 heterocycles. The van der Waals surface area contributed by atoms with Gasteiger partial charge in [-0.05, 0) is 0 Å². The Morgan fingerprint density at radius 3 is 1.29 bits per heavy atom. The number of aryl methyl sites for hydroxylation is 4. The van der Waals surface area contributed by atoms with E-state index in [-0.39, 0.29) is 0 Å². The van der Waals surface area contributed by atoms with Gasteiger partial charge in [-0.2, -0.15) is 0 Å². The van der Waals surface area contributed by atoms with Gasteiger partial charge < -0.3 is 0 Å². The Bertz CT molecular complexity index is 2510. The molecule has 58 heavy (non-hydrogen) atoms. The Morgan fingerprint density at radius 1 is 0.517 bits per heavy atom. The van der Waals surface area contributed by atoms with Gasteiger partial charge >= 0.3 is 353 Å². The third-order valence-electron chi connectivity index (χ3n) is 12.7. The van der Waals surface area contributed by atoms with Gasteiger partial charge in [0.15, 0.2) is 0 Å². The van der Waals surface area contributed by atoms with E-state index in [9.17, 15) is 9.59 Å². The van der Waals surface area contributed by atoms with E-state index in [1.165, 1.54) is 33.4 Å². The second kappa shape index (κ2) is 15.5. The van der Waals surface area contributed by atoms with E-state index in [0.717, 1.165) is 66.8 Å². The SMILES string of the molecule is Cc1cc(C)c(C)c(-c2cccc3c2C=C(c2ccccc2)[CH]3[Zr]([Cl])([Cl])([B](NC=O)NC=O)[CH]2C(c3ccccc3)=Cc3c(-c4cc(C)cc(C)c4C)cccc32)c1. The van der Waals surface area contributed by atoms with Crippen LogP contribution in [0.25, 0.3) is 45.6 Å². The summed E-state index contributed by atoms with van der Waals surface area (Å²) in [5, 5.41) is 6.03. The Hall–Kier alpha value is -4.73. The van der Waals surface area contributed by atoms with Gasteiger partial charge in [0.2, 0.25) is 0 Å². The number of halogens is 2. The summed E-state index contributed by atoms with van der Waals surface area (Å²) in [7, 11) is 17.8. The topological polar surface area (TPSA) is 58.2 Å². The second-order valence-electron chi connectivity index (χ2n) is 16.2. The van der Waals surface area contributed by atoms with Gasteiger partial charge in [0.25, 0.3) is 0 Å². The third-order valence-corrected chi connectivity index (χ3v) is 32.4. The molecule has 2 amide bonds. The number of hydrogen-bond donors (Lipinski definition) is 2. The maximum absolute atomic E-state index is 12.8. The summed E-state index contributed by atoms with van der Waals surface area (Å²) in [5.74, 6) is 0. The molecule has 0 aromatic heterocycles. The van der Waals surface area contributed by atoms with Gasteiger partial charge in [0.1, 0.15) is 0 Å². The minimum absolute atomic E-state index is 0.576. The molecule has 8 heteroatoms. The molecule has 0 bridgehead atoms. The average molecular weight is 880 g/mol. The van der Waals surface area contributed by atoms with Gasteiger partial charge in [0, 0.05) is 0 Å². The number of rotatable bonds is 11. The van der Waals surface area contributed by atoms with E-state index >= 15 is 0 Å². The molecule has 8 rings (SSSR count). The van der Waals surface area contributed by atoms with E-state index in [1.807, 2.05) is 36.4 Å². The second-order valence-corrected chi connectivity index (χ2v) is 37.6. The van der Waals surface area contributed by atoms with Crippen LogP contribution in [0, 0.1) is 41.5 Å². The first-order valence-electron chi connectivity index (χ1n) is 19.8. The first-order valence-corrected chi connectivity index (χ1v) is 30.4. The Labute approximate surface area is 350 Å². The summed E-state index contributed by atoms with van der Waals surface area (Å²) in [5.41, 5.74) is 19.6. The van der Waals surface area contributed by atoms with E-state index < -0.39 is 27.9 Å². The van der Waals surface area contributed by atoms with Crippen molar-refractivity contribution in [2.75, 3.05) is 0 Å². The van der Waals surface area contributed by atoms with Crippen LogP contribution >= 0.6 is 17.0 Å². The fourth-order valence-corrected chi connectivity index (χ4v) is 29.6. The van der Waals surface area contributed by atoms with Gasteiger partial charge in [-0.25, -0.2) is 0 Å². The quantitative estimate of drug-likeness (QED) is 0.101. The Kier molecular flexibility index (Phi) is 10.7. The summed E-state index contributed by atoms with van der Waals surface area (Å²) < 4.78 is -2.22. The number of carbonyl (C=O) groups excluding carboxylic acids is 2. The van der Waals surface area contributed by atoms with Crippen LogP contribution in [0.5, 0.6) is 0 Å². The van der Waals surface area contributed by atoms with Crippen LogP contribution in [-0.2, 0) is 25.8 Å². The maximum atomic E-state index is 12.8. The van der Waals surface area contributed by atoms with Crippen LogP contribution < -0.4 is 10.5 Å². The van der Waals surface area contributed by atoms with Crippen LogP contribution in [0.4, 0.5) is 0 Å². The van der Waals surface area contributed by atoms with Crippen LogP contribution in [-0.4, -0.2) is 17.3 Å². The summed E-state index contributed by atoms with van der Waals surface area (Å²) >= 11 is -6.20. The molecule has 2 aliphatic carbocycles. The summed E-state index contributed by atoms with van der Waals surface area (Å²) in [6.45, 7) is 12.9. The summed E-state index contributed by atoms with van der Waals surface area (Å²) in [6.07, 6.45) is 5.76. The van der Waals surface area contributed by atoms with Crippen LogP contribution in [0.3, 0.4) is 0 Å². The molecule has 0 fully saturated rings. The first kappa shape index (κ1) is 40.1. The molecule has 0 spiro atoms. The number of allylic oxidation sites excluding steroid dienone is 2. The predicted molar refractivity (Wildman–Crippen MR) is 242 cm³/mol. The van der Waals surface area contributed by atoms with Crippen LogP contribution in [0.2, 0.25) is 0 Å². The van der Waals surface area contributed by atoms with E-state index in [1.54, 1.807) is 0 Å². The molecule has 2 unspecified atom stereocenters. The first-order chi connectivity index (χ1) is 27.9. The van der Waals surface area contributed by atoms with Crippen molar-refractivity contribution >= 4 is 57.7 Å². The summed E-state index contributed by atoms with van der Waals surface area (Å²) in [4.78, 5) is 25.6. The predicted octanol–water partition coefficient (Wildman–Crippen LogP) is 12.2. The number of carbonyl (C=O) groups is 2. The molecule has 4 nitrogen and oxygen atoms in total. The van der Waals surface area contributed by atoms with Crippen molar-refractivity contribution in [1.82, 2.24) is 10.5 Å². The number of benzene rings is 6. The van der Waals surface area contributed by atoms with Crippen molar-refractivity contribution in [1.29, 1.82) is 0 Å². The van der Waals surface area contributed by atoms with Crippen molar-refractivity contribution < 1.29 is 25.8 Å². The Balaban J connectivity index is 1.50. The van der Waals surface area contributed by atoms with E-state index in [0.29, 0.717) is 12.8 Å². The number of amides is 2. The molecule has 2 aliphatic rings. The molecule has 0 aliphatic heterocycles. The normalized spacial score (nSPS) is 16.3. The van der Waals surface area contributed by atoms with Gasteiger partial charge in [-0.1, -0.05) is 0 Å². The third kappa shape index (κ3) is 6.49. The van der Waals surface area contributed by atoms with Crippen molar-refractivity contribution in [2.45, 2.75) is 48.8 Å². The molecule has 2 N–H and O–H groups in total. The van der Waals surface area contributed by atoms with E-state index in [2.05, 4.69) is 149 Å². The fraction of sp³-hybridized carbons (Fsp3) is 0.160. The number of hydrogen-bond acceptors (Lipinski definition) is 2. The average Bonchev–Trinajstić information content (AvgIpc) is 3.83. The van der Waals surface area contributed by atoms with Crippen LogP contribution in [0.15, 0.2) is 121 Å². The van der Waals surface area contributed by atoms with Crippen molar-refractivity contribution in [3.05, 3.63) is 188 Å². The van der Waals surface area contributed by atoms with Crippen molar-refractivity contribution in [3.63, 3.8) is 0 Å². The molecule has 0 radical (unpaired) electrons. The van der Waals surface area contributed by atoms with E-state index in [4.69, 9.17) is 17.0 Å². The van der Waals surface area contributed by atoms with Crippen molar-refractivity contribution in [2.24, 2.45) is 0 Å². The molecule has 6 aromatic rings. The molecule has 0 saturated carbocycles. The standard InChI is InChI=1S/2C24H21.C2H3BN2O2.2ClH.Zr/c2*1-16-12-17(2)18(3)23(13-16)22-11-7-10-20-14-21(15-24(20)22)19-8-5-4-6-9-19;6-1-4-3-5-2-7;;;/h2*4-15H,1-3H3;1-2H,(H-,4,5,6,7);2*1H;/q;;;;;+1/p-1. The molecule has 6 aromatic carbocycles. The summed E-state index contributed by atoms with van der Waals surface area (Å²) in [6, 6.07) is 42.3. The molecular weight excluding hydrogens is 834 g/mol. The molecule has 0 saturated heterocycles. The Morgan fingerprint density at radius 2 is 0.914 bits per heavy atom. The van der Waals surface area contributed by atoms with Crippen LogP contribution in [0.1, 0.15) is 74.0 Å². The van der Waals surface area contributed by atoms with Gasteiger partial charge in [-0.3, -0.25) is 0 Å². The number of nitrogens with one attached hydrogen (secondary N) is 2. The molecule has 2 atom stereocenters. The zero-order valence-electron chi connectivity index (χ0n) is 33.7. The number of fused-ring (bicyclic) bond motifs is 2. The molecule has 289 valence electrons. The van der Waals surface area contributed by atoms with Gasteiger partial charge in [-0.15, -0.1) is 0 Å². The zero-order valence-corrected chi connectivity index (χ0v) is 37.6.